The lowest BCUT2D eigenvalue weighted by atomic mass is 10.2. The van der Waals surface area contributed by atoms with Crippen LogP contribution < -0.4 is 10.0 Å². The van der Waals surface area contributed by atoms with Crippen molar-refractivity contribution in [3.05, 3.63) is 65.7 Å². The van der Waals surface area contributed by atoms with Crippen LogP contribution in [-0.4, -0.2) is 41.3 Å². The second-order valence-corrected chi connectivity index (χ2v) is 7.98. The number of benzene rings is 1. The summed E-state index contributed by atoms with van der Waals surface area (Å²) in [6.07, 6.45) is 3.47. The molecule has 2 aromatic heterocycles. The molecule has 142 valence electrons. The monoisotopic (exact) mass is 386 g/mol. The molecule has 0 aliphatic carbocycles. The normalized spacial score (nSPS) is 11.5. The van der Waals surface area contributed by atoms with Gasteiger partial charge in [0.1, 0.15) is 11.6 Å². The molecule has 1 aromatic carbocycles. The van der Waals surface area contributed by atoms with Crippen LogP contribution in [0.25, 0.3) is 5.82 Å². The van der Waals surface area contributed by atoms with E-state index in [0.29, 0.717) is 24.0 Å². The number of sulfonamides is 1. The molecule has 0 saturated carbocycles. The predicted molar refractivity (Wildman–Crippen MR) is 104 cm³/mol. The molecule has 0 aliphatic heterocycles. The first kappa shape index (κ1) is 19.0. The zero-order valence-electron chi connectivity index (χ0n) is 15.3. The van der Waals surface area contributed by atoms with E-state index >= 15 is 0 Å². The Morgan fingerprint density at radius 1 is 1.07 bits per heavy atom. The van der Waals surface area contributed by atoms with Crippen molar-refractivity contribution in [3.63, 3.8) is 0 Å². The molecule has 3 rings (SSSR count). The molecule has 0 spiro atoms. The molecule has 0 atom stereocenters. The first-order chi connectivity index (χ1) is 12.9. The number of rotatable bonds is 8. The number of nitrogens with zero attached hydrogens (tertiary/aromatic N) is 4. The highest BCUT2D eigenvalue weighted by Crippen LogP contribution is 2.10. The fourth-order valence-electron chi connectivity index (χ4n) is 2.52. The standard InChI is InChI=1S/C18H22N6O2S/c1-14-4-6-16(7-5-14)13-27(25,26)21-10-9-19-17-12-18(23-15(2)22-17)24-11-3-8-20-24/h3-8,11-12,21H,9-10,13H2,1-2H3,(H,19,22,23). The van der Waals surface area contributed by atoms with Crippen LogP contribution in [0, 0.1) is 13.8 Å². The van der Waals surface area contributed by atoms with E-state index in [9.17, 15) is 8.42 Å². The molecule has 0 amide bonds. The molecule has 2 heterocycles. The topological polar surface area (TPSA) is 102 Å². The average Bonchev–Trinajstić information content (AvgIpc) is 3.15. The van der Waals surface area contributed by atoms with Gasteiger partial charge >= 0.3 is 0 Å². The molecular formula is C18H22N6O2S. The van der Waals surface area contributed by atoms with Crippen molar-refractivity contribution in [2.45, 2.75) is 19.6 Å². The van der Waals surface area contributed by atoms with Gasteiger partial charge < -0.3 is 5.32 Å². The van der Waals surface area contributed by atoms with E-state index in [1.807, 2.05) is 37.3 Å². The van der Waals surface area contributed by atoms with Gasteiger partial charge in [-0.25, -0.2) is 27.8 Å². The zero-order valence-corrected chi connectivity index (χ0v) is 16.1. The summed E-state index contributed by atoms with van der Waals surface area (Å²) in [6, 6.07) is 11.0. The van der Waals surface area contributed by atoms with Crippen LogP contribution in [0.3, 0.4) is 0 Å². The largest absolute Gasteiger partial charge is 0.369 e. The van der Waals surface area contributed by atoms with Gasteiger partial charge in [-0.15, -0.1) is 0 Å². The van der Waals surface area contributed by atoms with Gasteiger partial charge in [-0.05, 0) is 25.5 Å². The Bertz CT molecular complexity index is 985. The van der Waals surface area contributed by atoms with Gasteiger partial charge in [0.05, 0.1) is 5.75 Å². The highest BCUT2D eigenvalue weighted by atomic mass is 32.2. The summed E-state index contributed by atoms with van der Waals surface area (Å²) in [5, 5.41) is 7.26. The molecule has 0 bridgehead atoms. The van der Waals surface area contributed by atoms with Crippen molar-refractivity contribution >= 4 is 15.8 Å². The van der Waals surface area contributed by atoms with E-state index in [1.165, 1.54) is 0 Å². The fourth-order valence-corrected chi connectivity index (χ4v) is 3.66. The van der Waals surface area contributed by atoms with Crippen molar-refractivity contribution < 1.29 is 8.42 Å². The van der Waals surface area contributed by atoms with Gasteiger partial charge in [-0.1, -0.05) is 29.8 Å². The van der Waals surface area contributed by atoms with Gasteiger partial charge in [0.15, 0.2) is 5.82 Å². The molecule has 0 aliphatic rings. The lowest BCUT2D eigenvalue weighted by Gasteiger charge is -2.10. The molecule has 8 nitrogen and oxygen atoms in total. The van der Waals surface area contributed by atoms with E-state index in [1.54, 1.807) is 30.1 Å². The van der Waals surface area contributed by atoms with E-state index in [2.05, 4.69) is 25.1 Å². The molecule has 0 radical (unpaired) electrons. The third-order valence-corrected chi connectivity index (χ3v) is 5.15. The van der Waals surface area contributed by atoms with Crippen LogP contribution in [0.15, 0.2) is 48.8 Å². The molecule has 0 fully saturated rings. The number of anilines is 1. The minimum absolute atomic E-state index is 0.0384. The number of aromatic nitrogens is 4. The molecule has 3 aromatic rings. The third-order valence-electron chi connectivity index (χ3n) is 3.79. The molecular weight excluding hydrogens is 364 g/mol. The maximum absolute atomic E-state index is 12.2. The predicted octanol–water partition coefficient (Wildman–Crippen LogP) is 1.81. The van der Waals surface area contributed by atoms with E-state index < -0.39 is 10.0 Å². The first-order valence-electron chi connectivity index (χ1n) is 8.54. The molecule has 27 heavy (non-hydrogen) atoms. The highest BCUT2D eigenvalue weighted by molar-refractivity contribution is 7.88. The summed E-state index contributed by atoms with van der Waals surface area (Å²) in [5.41, 5.74) is 1.86. The number of aryl methyl sites for hydroxylation is 2. The summed E-state index contributed by atoms with van der Waals surface area (Å²) in [5.74, 6) is 1.83. The van der Waals surface area contributed by atoms with Gasteiger partial charge in [0, 0.05) is 31.5 Å². The summed E-state index contributed by atoms with van der Waals surface area (Å²) in [7, 11) is -3.39. The highest BCUT2D eigenvalue weighted by Gasteiger charge is 2.11. The Morgan fingerprint density at radius 3 is 2.56 bits per heavy atom. The average molecular weight is 386 g/mol. The minimum Gasteiger partial charge on any atom is -0.369 e. The second-order valence-electron chi connectivity index (χ2n) is 6.18. The maximum Gasteiger partial charge on any atom is 0.215 e. The Balaban J connectivity index is 1.53. The van der Waals surface area contributed by atoms with Crippen LogP contribution in [0.5, 0.6) is 0 Å². The second kappa shape index (κ2) is 8.28. The fraction of sp³-hybridized carbons (Fsp3) is 0.278. The van der Waals surface area contributed by atoms with Gasteiger partial charge in [-0.2, -0.15) is 5.10 Å². The van der Waals surface area contributed by atoms with Gasteiger partial charge in [0.2, 0.25) is 10.0 Å². The summed E-state index contributed by atoms with van der Waals surface area (Å²) in [6.45, 7) is 4.42. The van der Waals surface area contributed by atoms with E-state index in [-0.39, 0.29) is 12.3 Å². The quantitative estimate of drug-likeness (QED) is 0.573. The van der Waals surface area contributed by atoms with Crippen LogP contribution in [0.4, 0.5) is 5.82 Å². The van der Waals surface area contributed by atoms with Crippen LogP contribution in [0.1, 0.15) is 17.0 Å². The van der Waals surface area contributed by atoms with Gasteiger partial charge in [0.25, 0.3) is 0 Å². The SMILES string of the molecule is Cc1ccc(CS(=O)(=O)NCCNc2cc(-n3cccn3)nc(C)n2)cc1. The Hall–Kier alpha value is -2.78. The number of nitrogens with one attached hydrogen (secondary N) is 2. The summed E-state index contributed by atoms with van der Waals surface area (Å²) < 4.78 is 28.6. The Labute approximate surface area is 158 Å². The van der Waals surface area contributed by atoms with Crippen molar-refractivity contribution in [2.24, 2.45) is 0 Å². The van der Waals surface area contributed by atoms with Crippen molar-refractivity contribution in [2.75, 3.05) is 18.4 Å². The van der Waals surface area contributed by atoms with Crippen molar-refractivity contribution in [3.8, 4) is 5.82 Å². The smallest absolute Gasteiger partial charge is 0.215 e. The molecule has 0 saturated heterocycles. The molecule has 0 unspecified atom stereocenters. The zero-order chi connectivity index (χ0) is 19.3. The van der Waals surface area contributed by atoms with Gasteiger partial charge in [-0.3, -0.25) is 0 Å². The molecule has 9 heteroatoms. The number of hydrogen-bond acceptors (Lipinski definition) is 6. The van der Waals surface area contributed by atoms with E-state index in [0.717, 1.165) is 11.1 Å². The lowest BCUT2D eigenvalue weighted by Crippen LogP contribution is -2.30. The van der Waals surface area contributed by atoms with Crippen LogP contribution in [-0.2, 0) is 15.8 Å². The first-order valence-corrected chi connectivity index (χ1v) is 10.2. The van der Waals surface area contributed by atoms with E-state index in [4.69, 9.17) is 0 Å². The minimum atomic E-state index is -3.39. The third kappa shape index (κ3) is 5.60. The summed E-state index contributed by atoms with van der Waals surface area (Å²) in [4.78, 5) is 8.65. The number of hydrogen-bond donors (Lipinski definition) is 2. The van der Waals surface area contributed by atoms with Crippen LogP contribution >= 0.6 is 0 Å². The maximum atomic E-state index is 12.2. The van der Waals surface area contributed by atoms with Crippen molar-refractivity contribution in [1.29, 1.82) is 0 Å². The molecule has 2 N–H and O–H groups in total. The van der Waals surface area contributed by atoms with Crippen molar-refractivity contribution in [1.82, 2.24) is 24.5 Å². The lowest BCUT2D eigenvalue weighted by molar-refractivity contribution is 0.582. The Kier molecular flexibility index (Phi) is 5.82. The van der Waals surface area contributed by atoms with Crippen LogP contribution in [0.2, 0.25) is 0 Å². The Morgan fingerprint density at radius 2 is 1.85 bits per heavy atom. The summed E-state index contributed by atoms with van der Waals surface area (Å²) >= 11 is 0.